The van der Waals surface area contributed by atoms with Gasteiger partial charge in [0.1, 0.15) is 4.90 Å². The molecule has 0 spiro atoms. The van der Waals surface area contributed by atoms with Crippen LogP contribution in [0.3, 0.4) is 0 Å². The summed E-state index contributed by atoms with van der Waals surface area (Å²) in [6.45, 7) is 1.99. The van der Waals surface area contributed by atoms with Crippen molar-refractivity contribution in [3.8, 4) is 0 Å². The first kappa shape index (κ1) is 25.5. The summed E-state index contributed by atoms with van der Waals surface area (Å²) in [5.74, 6) is -0.370. The molecule has 0 aromatic heterocycles. The van der Waals surface area contributed by atoms with E-state index in [9.17, 15) is 13.2 Å². The van der Waals surface area contributed by atoms with Crippen molar-refractivity contribution in [2.75, 3.05) is 16.2 Å². The van der Waals surface area contributed by atoms with Gasteiger partial charge >= 0.3 is 0 Å². The Balaban J connectivity index is 1.59. The summed E-state index contributed by atoms with van der Waals surface area (Å²) in [7, 11) is -3.95. The number of para-hydroxylation sites is 1. The Morgan fingerprint density at radius 3 is 1.89 bits per heavy atom. The van der Waals surface area contributed by atoms with Gasteiger partial charge in [0.2, 0.25) is 5.91 Å². The molecule has 36 heavy (non-hydrogen) atoms. The highest BCUT2D eigenvalue weighted by Crippen LogP contribution is 2.32. The number of anilines is 2. The fourth-order valence-electron chi connectivity index (χ4n) is 4.18. The fourth-order valence-corrected chi connectivity index (χ4v) is 6.16. The normalized spacial score (nSPS) is 11.3. The van der Waals surface area contributed by atoms with E-state index in [-0.39, 0.29) is 34.7 Å². The van der Waals surface area contributed by atoms with Crippen LogP contribution in [0.1, 0.15) is 30.4 Å². The second-order valence-electron chi connectivity index (χ2n) is 8.28. The summed E-state index contributed by atoms with van der Waals surface area (Å²) >= 11 is 6.33. The summed E-state index contributed by atoms with van der Waals surface area (Å²) in [6, 6.07) is 33.1. The second-order valence-corrected chi connectivity index (χ2v) is 10.5. The van der Waals surface area contributed by atoms with E-state index in [0.29, 0.717) is 11.4 Å². The lowest BCUT2D eigenvalue weighted by atomic mass is 9.88. The van der Waals surface area contributed by atoms with Crippen molar-refractivity contribution in [2.24, 2.45) is 0 Å². The first-order chi connectivity index (χ1) is 17.4. The fraction of sp³-hybridized carbons (Fsp3) is 0.138. The van der Waals surface area contributed by atoms with Gasteiger partial charge in [0.05, 0.1) is 10.7 Å². The maximum Gasteiger partial charge on any atom is 0.265 e. The number of carbonyl (C=O) groups is 1. The Kier molecular flexibility index (Phi) is 8.08. The number of benzene rings is 4. The van der Waals surface area contributed by atoms with Crippen molar-refractivity contribution >= 4 is 38.9 Å². The zero-order chi connectivity index (χ0) is 25.5. The monoisotopic (exact) mass is 518 g/mol. The molecule has 0 radical (unpaired) electrons. The number of sulfonamides is 1. The summed E-state index contributed by atoms with van der Waals surface area (Å²) < 4.78 is 28.3. The Morgan fingerprint density at radius 1 is 0.833 bits per heavy atom. The molecule has 0 aliphatic carbocycles. The van der Waals surface area contributed by atoms with E-state index in [2.05, 4.69) is 5.32 Å². The predicted molar refractivity (Wildman–Crippen MR) is 146 cm³/mol. The molecule has 0 bridgehead atoms. The van der Waals surface area contributed by atoms with Crippen LogP contribution in [0.5, 0.6) is 0 Å². The maximum absolute atomic E-state index is 13.5. The van der Waals surface area contributed by atoms with Crippen LogP contribution in [0, 0.1) is 0 Å². The molecule has 0 unspecified atom stereocenters. The van der Waals surface area contributed by atoms with Gasteiger partial charge in [-0.2, -0.15) is 0 Å². The highest BCUT2D eigenvalue weighted by molar-refractivity contribution is 7.93. The molecule has 0 heterocycles. The Bertz CT molecular complexity index is 1370. The summed E-state index contributed by atoms with van der Waals surface area (Å²) in [4.78, 5) is 13.1. The van der Waals surface area contributed by atoms with Crippen LogP contribution in [0.15, 0.2) is 114 Å². The summed E-state index contributed by atoms with van der Waals surface area (Å²) in [6.07, 6.45) is 0.198. The number of carbonyl (C=O) groups excluding carboxylic acids is 1. The van der Waals surface area contributed by atoms with Crippen molar-refractivity contribution in [3.05, 3.63) is 125 Å². The smallest absolute Gasteiger partial charge is 0.265 e. The van der Waals surface area contributed by atoms with Gasteiger partial charge in [-0.3, -0.25) is 9.10 Å². The maximum atomic E-state index is 13.5. The first-order valence-corrected chi connectivity index (χ1v) is 13.5. The van der Waals surface area contributed by atoms with Crippen molar-refractivity contribution in [1.29, 1.82) is 0 Å². The molecular formula is C29H27ClN2O3S. The number of amides is 1. The van der Waals surface area contributed by atoms with E-state index in [4.69, 9.17) is 11.6 Å². The average Bonchev–Trinajstić information content (AvgIpc) is 2.90. The van der Waals surface area contributed by atoms with Gasteiger partial charge in [0, 0.05) is 24.6 Å². The van der Waals surface area contributed by atoms with Gasteiger partial charge < -0.3 is 5.32 Å². The number of halogens is 1. The van der Waals surface area contributed by atoms with Crippen LogP contribution in [-0.4, -0.2) is 20.9 Å². The molecule has 1 amide bonds. The SMILES string of the molecule is CCN(c1ccccc1)S(=O)(=O)c1cc(NC(=O)CC(c2ccccc2)c2ccccc2)ccc1Cl. The number of hydrogen-bond acceptors (Lipinski definition) is 3. The summed E-state index contributed by atoms with van der Waals surface area (Å²) in [5, 5.41) is 2.96. The lowest BCUT2D eigenvalue weighted by Crippen LogP contribution is -2.31. The zero-order valence-corrected chi connectivity index (χ0v) is 21.4. The standard InChI is InChI=1S/C29H27ClN2O3S/c1-2-32(25-16-10-5-11-17-25)36(34,35)28-20-24(18-19-27(28)30)31-29(33)21-26(22-12-6-3-7-13-22)23-14-8-4-9-15-23/h3-20,26H,2,21H2,1H3,(H,31,33). The minimum Gasteiger partial charge on any atom is -0.326 e. The quantitative estimate of drug-likeness (QED) is 0.267. The highest BCUT2D eigenvalue weighted by Gasteiger charge is 2.27. The molecule has 0 saturated carbocycles. The third-order valence-corrected chi connectivity index (χ3v) is 8.29. The van der Waals surface area contributed by atoms with Gasteiger partial charge in [-0.15, -0.1) is 0 Å². The van der Waals surface area contributed by atoms with Crippen molar-refractivity contribution < 1.29 is 13.2 Å². The van der Waals surface area contributed by atoms with E-state index >= 15 is 0 Å². The number of nitrogens with one attached hydrogen (secondary N) is 1. The number of hydrogen-bond donors (Lipinski definition) is 1. The number of rotatable bonds is 9. The van der Waals surface area contributed by atoms with Crippen molar-refractivity contribution in [3.63, 3.8) is 0 Å². The van der Waals surface area contributed by atoms with Crippen molar-refractivity contribution in [1.82, 2.24) is 0 Å². The van der Waals surface area contributed by atoms with Crippen LogP contribution >= 0.6 is 11.6 Å². The third-order valence-electron chi connectivity index (χ3n) is 5.91. The van der Waals surface area contributed by atoms with Crippen molar-refractivity contribution in [2.45, 2.75) is 24.2 Å². The topological polar surface area (TPSA) is 66.5 Å². The van der Waals surface area contributed by atoms with Gasteiger partial charge in [0.15, 0.2) is 0 Å². The molecule has 0 fully saturated rings. The minimum atomic E-state index is -3.95. The third kappa shape index (κ3) is 5.78. The van der Waals surface area contributed by atoms with E-state index in [0.717, 1.165) is 11.1 Å². The first-order valence-electron chi connectivity index (χ1n) is 11.7. The van der Waals surface area contributed by atoms with Crippen LogP contribution in [0.4, 0.5) is 11.4 Å². The Morgan fingerprint density at radius 2 is 1.36 bits per heavy atom. The van der Waals surface area contributed by atoms with Gasteiger partial charge in [-0.1, -0.05) is 90.5 Å². The predicted octanol–water partition coefficient (Wildman–Crippen LogP) is 6.72. The van der Waals surface area contributed by atoms with E-state index in [1.165, 1.54) is 16.4 Å². The second kappa shape index (κ2) is 11.4. The molecule has 7 heteroatoms. The molecule has 1 N–H and O–H groups in total. The lowest BCUT2D eigenvalue weighted by Gasteiger charge is -2.24. The number of nitrogens with zero attached hydrogens (tertiary/aromatic N) is 1. The average molecular weight is 519 g/mol. The van der Waals surface area contributed by atoms with Crippen LogP contribution in [0.2, 0.25) is 5.02 Å². The lowest BCUT2D eigenvalue weighted by molar-refractivity contribution is -0.116. The van der Waals surface area contributed by atoms with E-state index < -0.39 is 10.0 Å². The van der Waals surface area contributed by atoms with Gasteiger partial charge in [-0.25, -0.2) is 8.42 Å². The molecule has 0 aliphatic heterocycles. The van der Waals surface area contributed by atoms with Gasteiger partial charge in [-0.05, 0) is 48.4 Å². The van der Waals surface area contributed by atoms with E-state index in [1.54, 1.807) is 37.3 Å². The largest absolute Gasteiger partial charge is 0.326 e. The molecule has 0 saturated heterocycles. The molecule has 4 aromatic carbocycles. The molecular weight excluding hydrogens is 492 g/mol. The zero-order valence-electron chi connectivity index (χ0n) is 19.8. The van der Waals surface area contributed by atoms with Crippen LogP contribution in [0.25, 0.3) is 0 Å². The minimum absolute atomic E-state index is 0.0599. The Hall–Kier alpha value is -3.61. The molecule has 0 atom stereocenters. The molecule has 4 aromatic rings. The molecule has 5 nitrogen and oxygen atoms in total. The molecule has 0 aliphatic rings. The van der Waals surface area contributed by atoms with Crippen LogP contribution < -0.4 is 9.62 Å². The Labute approximate surface area is 217 Å². The highest BCUT2D eigenvalue weighted by atomic mass is 35.5. The van der Waals surface area contributed by atoms with E-state index in [1.807, 2.05) is 66.7 Å². The summed E-state index contributed by atoms with van der Waals surface area (Å²) in [5.41, 5.74) is 2.96. The molecule has 184 valence electrons. The van der Waals surface area contributed by atoms with Gasteiger partial charge in [0.25, 0.3) is 10.0 Å². The molecule has 4 rings (SSSR count). The van der Waals surface area contributed by atoms with Crippen LogP contribution in [-0.2, 0) is 14.8 Å².